The molecule has 2 aromatic rings. The Morgan fingerprint density at radius 3 is 2.05 bits per heavy atom. The average Bonchev–Trinajstić information content (AvgIpc) is 2.42. The summed E-state index contributed by atoms with van der Waals surface area (Å²) < 4.78 is 5.88. The molecule has 0 heterocycles. The summed E-state index contributed by atoms with van der Waals surface area (Å²) in [5, 5.41) is 22.0. The first-order chi connectivity index (χ1) is 9.88. The van der Waals surface area contributed by atoms with Crippen LogP contribution in [0.15, 0.2) is 40.9 Å². The highest BCUT2D eigenvalue weighted by Crippen LogP contribution is 2.37. The smallest absolute Gasteiger partial charge is 0.312 e. The molecular formula is C13H9BrN2O5. The molecule has 2 rings (SSSR count). The molecule has 0 saturated carbocycles. The summed E-state index contributed by atoms with van der Waals surface area (Å²) in [6, 6.07) is 8.61. The molecule has 0 aliphatic carbocycles. The highest BCUT2D eigenvalue weighted by atomic mass is 79.9. The van der Waals surface area contributed by atoms with Gasteiger partial charge in [-0.25, -0.2) is 0 Å². The van der Waals surface area contributed by atoms with Gasteiger partial charge in [0.25, 0.3) is 0 Å². The molecule has 0 fully saturated rings. The van der Waals surface area contributed by atoms with Crippen LogP contribution in [0.2, 0.25) is 0 Å². The second-order valence-electron chi connectivity index (χ2n) is 4.20. The van der Waals surface area contributed by atoms with Crippen molar-refractivity contribution in [1.82, 2.24) is 0 Å². The molecule has 0 spiro atoms. The van der Waals surface area contributed by atoms with Crippen molar-refractivity contribution in [2.24, 2.45) is 0 Å². The van der Waals surface area contributed by atoms with Gasteiger partial charge in [0.1, 0.15) is 0 Å². The third-order valence-corrected chi connectivity index (χ3v) is 3.14. The van der Waals surface area contributed by atoms with Crippen molar-refractivity contribution in [2.45, 2.75) is 6.92 Å². The Kier molecular flexibility index (Phi) is 4.18. The number of hydrogen-bond acceptors (Lipinski definition) is 5. The van der Waals surface area contributed by atoms with Crippen LogP contribution >= 0.6 is 15.9 Å². The van der Waals surface area contributed by atoms with Gasteiger partial charge in [-0.3, -0.25) is 20.2 Å². The van der Waals surface area contributed by atoms with Gasteiger partial charge in [0.05, 0.1) is 9.85 Å². The minimum Gasteiger partial charge on any atom is -0.443 e. The fourth-order valence-corrected chi connectivity index (χ4v) is 2.04. The summed E-state index contributed by atoms with van der Waals surface area (Å²) in [5.41, 5.74) is 0.172. The lowest BCUT2D eigenvalue weighted by Gasteiger charge is -2.07. The number of benzene rings is 2. The maximum atomic E-state index is 11.0. The molecule has 8 heteroatoms. The molecule has 21 heavy (non-hydrogen) atoms. The van der Waals surface area contributed by atoms with Crippen LogP contribution in [0.1, 0.15) is 5.56 Å². The van der Waals surface area contributed by atoms with Gasteiger partial charge < -0.3 is 4.74 Å². The van der Waals surface area contributed by atoms with Gasteiger partial charge in [0.15, 0.2) is 0 Å². The topological polar surface area (TPSA) is 95.5 Å². The standard InChI is InChI=1S/C13H9BrN2O5/c1-8-2-4-12(10(6-8)15(17)18)21-13-5-3-9(14)7-11(13)16(19)20/h2-7H,1H3. The van der Waals surface area contributed by atoms with E-state index < -0.39 is 9.85 Å². The lowest BCUT2D eigenvalue weighted by molar-refractivity contribution is -0.387. The van der Waals surface area contributed by atoms with Crippen LogP contribution < -0.4 is 4.74 Å². The first-order valence-electron chi connectivity index (χ1n) is 5.75. The molecule has 0 amide bonds. The molecule has 0 atom stereocenters. The van der Waals surface area contributed by atoms with Crippen molar-refractivity contribution >= 4 is 27.3 Å². The van der Waals surface area contributed by atoms with Crippen LogP contribution in [0, 0.1) is 27.2 Å². The monoisotopic (exact) mass is 352 g/mol. The van der Waals surface area contributed by atoms with Gasteiger partial charge in [-0.2, -0.15) is 0 Å². The van der Waals surface area contributed by atoms with Gasteiger partial charge in [-0.15, -0.1) is 0 Å². The van der Waals surface area contributed by atoms with Gasteiger partial charge in [-0.1, -0.05) is 22.0 Å². The zero-order valence-corrected chi connectivity index (χ0v) is 12.4. The van der Waals surface area contributed by atoms with E-state index in [4.69, 9.17) is 4.74 Å². The van der Waals surface area contributed by atoms with Crippen molar-refractivity contribution in [3.63, 3.8) is 0 Å². The first kappa shape index (κ1) is 14.9. The number of halogens is 1. The van der Waals surface area contributed by atoms with E-state index in [2.05, 4.69) is 15.9 Å². The molecule has 0 saturated heterocycles. The van der Waals surface area contributed by atoms with Crippen LogP contribution in [-0.4, -0.2) is 9.85 Å². The Morgan fingerprint density at radius 1 is 0.952 bits per heavy atom. The van der Waals surface area contributed by atoms with E-state index >= 15 is 0 Å². The second kappa shape index (κ2) is 5.88. The van der Waals surface area contributed by atoms with E-state index in [-0.39, 0.29) is 22.9 Å². The van der Waals surface area contributed by atoms with Gasteiger partial charge in [0, 0.05) is 16.6 Å². The number of ether oxygens (including phenoxy) is 1. The maximum Gasteiger partial charge on any atom is 0.312 e. The molecule has 0 unspecified atom stereocenters. The fourth-order valence-electron chi connectivity index (χ4n) is 1.69. The molecule has 0 radical (unpaired) electrons. The van der Waals surface area contributed by atoms with Crippen molar-refractivity contribution in [1.29, 1.82) is 0 Å². The molecular weight excluding hydrogens is 344 g/mol. The number of nitro benzene ring substituents is 2. The summed E-state index contributed by atoms with van der Waals surface area (Å²) in [7, 11) is 0. The molecule has 0 aromatic heterocycles. The zero-order chi connectivity index (χ0) is 15.6. The normalized spacial score (nSPS) is 10.2. The van der Waals surface area contributed by atoms with Crippen molar-refractivity contribution in [3.8, 4) is 11.5 Å². The lowest BCUT2D eigenvalue weighted by atomic mass is 10.2. The number of nitro groups is 2. The Hall–Kier alpha value is -2.48. The van der Waals surface area contributed by atoms with E-state index in [0.717, 1.165) is 0 Å². The van der Waals surface area contributed by atoms with E-state index in [1.165, 1.54) is 24.3 Å². The van der Waals surface area contributed by atoms with Gasteiger partial charge >= 0.3 is 11.4 Å². The summed E-state index contributed by atoms with van der Waals surface area (Å²) in [6.07, 6.45) is 0. The number of hydrogen-bond donors (Lipinski definition) is 0. The van der Waals surface area contributed by atoms with Crippen molar-refractivity contribution < 1.29 is 14.6 Å². The largest absolute Gasteiger partial charge is 0.443 e. The number of aryl methyl sites for hydroxylation is 1. The Morgan fingerprint density at radius 2 is 1.48 bits per heavy atom. The highest BCUT2D eigenvalue weighted by molar-refractivity contribution is 9.10. The van der Waals surface area contributed by atoms with Gasteiger partial charge in [-0.05, 0) is 30.7 Å². The van der Waals surface area contributed by atoms with Crippen LogP contribution in [0.4, 0.5) is 11.4 Å². The van der Waals surface area contributed by atoms with Crippen LogP contribution in [0.5, 0.6) is 11.5 Å². The summed E-state index contributed by atoms with van der Waals surface area (Å²) in [5.74, 6) is -0.105. The van der Waals surface area contributed by atoms with Crippen molar-refractivity contribution in [2.75, 3.05) is 0 Å². The maximum absolute atomic E-state index is 11.0. The third kappa shape index (κ3) is 3.34. The lowest BCUT2D eigenvalue weighted by Crippen LogP contribution is -1.97. The summed E-state index contributed by atoms with van der Waals surface area (Å²) >= 11 is 3.13. The predicted octanol–water partition coefficient (Wildman–Crippen LogP) is 4.37. The summed E-state index contributed by atoms with van der Waals surface area (Å²) in [4.78, 5) is 20.8. The molecule has 7 nitrogen and oxygen atoms in total. The molecule has 0 N–H and O–H groups in total. The Bertz CT molecular complexity index is 671. The molecule has 108 valence electrons. The van der Waals surface area contributed by atoms with Gasteiger partial charge in [0.2, 0.25) is 11.5 Å². The number of rotatable bonds is 4. The predicted molar refractivity (Wildman–Crippen MR) is 78.7 cm³/mol. The van der Waals surface area contributed by atoms with Crippen LogP contribution in [0.3, 0.4) is 0 Å². The summed E-state index contributed by atoms with van der Waals surface area (Å²) in [6.45, 7) is 1.71. The van der Waals surface area contributed by atoms with Crippen molar-refractivity contribution in [3.05, 3.63) is 66.7 Å². The molecule has 0 aliphatic rings. The molecule has 0 bridgehead atoms. The fraction of sp³-hybridized carbons (Fsp3) is 0.0769. The first-order valence-corrected chi connectivity index (χ1v) is 6.54. The van der Waals surface area contributed by atoms with Crippen LogP contribution in [0.25, 0.3) is 0 Å². The van der Waals surface area contributed by atoms with E-state index in [1.54, 1.807) is 19.1 Å². The highest BCUT2D eigenvalue weighted by Gasteiger charge is 2.21. The second-order valence-corrected chi connectivity index (χ2v) is 5.12. The van der Waals surface area contributed by atoms with E-state index in [1.807, 2.05) is 0 Å². The minimum absolute atomic E-state index is 0.0453. The SMILES string of the molecule is Cc1ccc(Oc2ccc(Br)cc2[N+](=O)[O-])c([N+](=O)[O-])c1. The van der Waals surface area contributed by atoms with E-state index in [0.29, 0.717) is 10.0 Å². The average molecular weight is 353 g/mol. The quantitative estimate of drug-likeness (QED) is 0.601. The number of nitrogens with zero attached hydrogens (tertiary/aromatic N) is 2. The zero-order valence-electron chi connectivity index (χ0n) is 10.8. The minimum atomic E-state index is -0.611. The molecule has 2 aromatic carbocycles. The Labute approximate surface area is 127 Å². The van der Waals surface area contributed by atoms with E-state index in [9.17, 15) is 20.2 Å². The van der Waals surface area contributed by atoms with Crippen LogP contribution in [-0.2, 0) is 0 Å². The third-order valence-electron chi connectivity index (χ3n) is 2.65. The Balaban J connectivity index is 2.48. The molecule has 0 aliphatic heterocycles.